The fourth-order valence-electron chi connectivity index (χ4n) is 11.8. The highest BCUT2D eigenvalue weighted by Gasteiger charge is 2.42. The molecule has 13 rings (SSSR count). The van der Waals surface area contributed by atoms with Gasteiger partial charge in [-0.1, -0.05) is 53.5 Å². The van der Waals surface area contributed by atoms with Gasteiger partial charge in [0, 0.05) is 35.7 Å². The highest BCUT2D eigenvalue weighted by Crippen LogP contribution is 2.45. The van der Waals surface area contributed by atoms with Gasteiger partial charge in [-0.15, -0.1) is 0 Å². The first-order valence-corrected chi connectivity index (χ1v) is 30.2. The fraction of sp³-hybridized carbons (Fsp3) is 0.269. The third kappa shape index (κ3) is 13.3. The van der Waals surface area contributed by atoms with E-state index < -0.39 is 106 Å². The second kappa shape index (κ2) is 26.2. The number of phenolic OH excluding ortho intramolecular Hbond substituents is 4. The van der Waals surface area contributed by atoms with Crippen LogP contribution in [0.15, 0.2) is 115 Å². The normalized spacial score (nSPS) is 21.3. The molecule has 7 aromatic rings. The molecule has 24 nitrogen and oxygen atoms in total. The Morgan fingerprint density at radius 1 is 0.570 bits per heavy atom. The molecule has 6 aliphatic heterocycles. The summed E-state index contributed by atoms with van der Waals surface area (Å²) in [6.45, 7) is 3.93. The van der Waals surface area contributed by atoms with E-state index in [9.17, 15) is 35.1 Å². The van der Waals surface area contributed by atoms with E-state index in [4.69, 9.17) is 37.4 Å². The van der Waals surface area contributed by atoms with Gasteiger partial charge < -0.3 is 81.9 Å². The highest BCUT2D eigenvalue weighted by molar-refractivity contribution is 6.33. The number of fused-ring (bicyclic) bond motifs is 14. The number of aryl methyl sites for hydroxylation is 1. The Morgan fingerprint density at radius 3 is 1.91 bits per heavy atom. The summed E-state index contributed by atoms with van der Waals surface area (Å²) >= 11 is 14.0. The van der Waals surface area contributed by atoms with Gasteiger partial charge in [0.1, 0.15) is 94.4 Å². The van der Waals surface area contributed by atoms with Crippen LogP contribution in [0.25, 0.3) is 11.1 Å². The van der Waals surface area contributed by atoms with Crippen LogP contribution in [0.5, 0.6) is 57.5 Å². The van der Waals surface area contributed by atoms with E-state index in [1.807, 2.05) is 19.0 Å². The lowest BCUT2D eigenvalue weighted by atomic mass is 9.87. The second-order valence-corrected chi connectivity index (χ2v) is 24.4. The van der Waals surface area contributed by atoms with Crippen molar-refractivity contribution in [3.63, 3.8) is 0 Å². The van der Waals surface area contributed by atoms with E-state index in [1.165, 1.54) is 84.9 Å². The molecule has 26 heteroatoms. The molecule has 12 N–H and O–H groups in total. The number of amides is 7. The topological polar surface area (TPSA) is 339 Å². The lowest BCUT2D eigenvalue weighted by Crippen LogP contribution is -2.56. The van der Waals surface area contributed by atoms with E-state index in [0.717, 1.165) is 6.07 Å². The molecule has 0 aromatic heterocycles. The first-order valence-electron chi connectivity index (χ1n) is 29.5. The van der Waals surface area contributed by atoms with Crippen molar-refractivity contribution < 1.29 is 73.3 Å². The Labute approximate surface area is 542 Å². The van der Waals surface area contributed by atoms with Gasteiger partial charge in [-0.2, -0.15) is 0 Å². The monoisotopic (exact) mass is 1310 g/mol. The molecule has 7 amide bonds. The van der Waals surface area contributed by atoms with Gasteiger partial charge in [-0.25, -0.2) is 0 Å². The minimum Gasteiger partial charge on any atom is -0.508 e. The highest BCUT2D eigenvalue weighted by atomic mass is 35.5. The summed E-state index contributed by atoms with van der Waals surface area (Å²) in [5.41, 5.74) is 1.01. The molecule has 17 bridgehead atoms. The number of benzene rings is 7. The van der Waals surface area contributed by atoms with Crippen molar-refractivity contribution in [1.29, 1.82) is 0 Å². The van der Waals surface area contributed by atoms with E-state index >= 15 is 24.0 Å². The van der Waals surface area contributed by atoms with Crippen LogP contribution in [0.2, 0.25) is 10.0 Å². The van der Waals surface area contributed by atoms with Crippen LogP contribution >= 0.6 is 23.2 Å². The number of phenols is 4. The number of carbonyl (C=O) groups is 7. The summed E-state index contributed by atoms with van der Waals surface area (Å²) in [6.07, 6.45) is -1.68. The van der Waals surface area contributed by atoms with Crippen molar-refractivity contribution in [2.45, 2.75) is 75.1 Å². The summed E-state index contributed by atoms with van der Waals surface area (Å²) in [7, 11) is 6.96. The summed E-state index contributed by atoms with van der Waals surface area (Å²) in [4.78, 5) is 110. The molecular formula is C67H65Cl2N9O15. The first kappa shape index (κ1) is 64.4. The maximum atomic E-state index is 16.0. The summed E-state index contributed by atoms with van der Waals surface area (Å²) in [5.74, 6) is -8.97. The molecule has 8 atom stereocenters. The van der Waals surface area contributed by atoms with Gasteiger partial charge >= 0.3 is 0 Å². The average molecular weight is 1310 g/mol. The third-order valence-electron chi connectivity index (χ3n) is 16.5. The largest absolute Gasteiger partial charge is 0.508 e. The van der Waals surface area contributed by atoms with Gasteiger partial charge in [0.2, 0.25) is 41.4 Å². The molecule has 0 saturated carbocycles. The zero-order valence-corrected chi connectivity index (χ0v) is 52.4. The smallest absolute Gasteiger partial charge is 0.248 e. The van der Waals surface area contributed by atoms with Crippen LogP contribution in [0, 0.1) is 13.8 Å². The fourth-order valence-corrected chi connectivity index (χ4v) is 12.2. The molecule has 7 aromatic carbocycles. The number of nitrogens with one attached hydrogen (secondary N) is 7. The number of likely N-dealkylation sites (N-methyl/N-ethyl adjacent to an activating group) is 1. The first-order chi connectivity index (χ1) is 44.3. The minimum atomic E-state index is -2.02. The Kier molecular flexibility index (Phi) is 18.2. The standard InChI is InChI=1S/C67H65Cl2N9O15/c1-30-20-37(79)27-41-52(30)40-22-33(10-15-45(40)80)54-63(86)76-58(66(89)75-56(41)62(85)70-18-7-19-77(3)4)60(83)35-12-17-48(43(68)23-35)93-50-26-36-25-49(31(50)2)91-38-13-8-32(9-14-38)21-44-61(84)74-57(65(88)73-55(36)64(87)72-54)42-28-39(29-47(82)53(42)69)92-51-24-34(11-16-46(51)81)59(78(5)6)67(90)71-44/h8-17,20,22-29,44,54-60,79-83H,7,18-19,21H2,1-6H3,(H,70,85)(H,71,90)(H,72,87)(H,73,88)(H,74,84)(H,75,89)(H,76,86)/t44-,54-,55-,56+,57+,58+,59-,60-/m1/s1. The number of halogens is 2. The van der Waals surface area contributed by atoms with Crippen LogP contribution in [-0.2, 0) is 40.0 Å². The van der Waals surface area contributed by atoms with Crippen LogP contribution in [0.3, 0.4) is 0 Å². The van der Waals surface area contributed by atoms with Crippen molar-refractivity contribution in [3.05, 3.63) is 175 Å². The van der Waals surface area contributed by atoms with Crippen LogP contribution < -0.4 is 51.4 Å². The summed E-state index contributed by atoms with van der Waals surface area (Å²) < 4.78 is 19.3. The van der Waals surface area contributed by atoms with E-state index in [-0.39, 0.29) is 108 Å². The molecule has 482 valence electrons. The molecule has 6 aliphatic rings. The number of aliphatic hydroxyl groups excluding tert-OH is 1. The van der Waals surface area contributed by atoms with Gasteiger partial charge in [-0.3, -0.25) is 38.5 Å². The number of ether oxygens (including phenoxy) is 3. The lowest BCUT2D eigenvalue weighted by Gasteiger charge is -2.32. The zero-order valence-electron chi connectivity index (χ0n) is 50.9. The Bertz CT molecular complexity index is 4210. The van der Waals surface area contributed by atoms with Crippen molar-refractivity contribution in [2.75, 3.05) is 41.3 Å². The molecule has 0 radical (unpaired) electrons. The van der Waals surface area contributed by atoms with Crippen molar-refractivity contribution in [3.8, 4) is 68.6 Å². The Morgan fingerprint density at radius 2 is 1.20 bits per heavy atom. The van der Waals surface area contributed by atoms with Gasteiger partial charge in [0.15, 0.2) is 11.5 Å². The number of aliphatic hydroxyl groups is 1. The van der Waals surface area contributed by atoms with E-state index in [0.29, 0.717) is 29.7 Å². The Hall–Kier alpha value is -10.1. The maximum Gasteiger partial charge on any atom is 0.248 e. The minimum absolute atomic E-state index is 0.0106. The molecule has 0 spiro atoms. The predicted molar refractivity (Wildman–Crippen MR) is 339 cm³/mol. The summed E-state index contributed by atoms with van der Waals surface area (Å²) in [6, 6.07) is 14.2. The molecule has 93 heavy (non-hydrogen) atoms. The zero-order chi connectivity index (χ0) is 66.4. The van der Waals surface area contributed by atoms with E-state index in [1.54, 1.807) is 57.1 Å². The van der Waals surface area contributed by atoms with Crippen molar-refractivity contribution in [1.82, 2.24) is 47.0 Å². The second-order valence-electron chi connectivity index (χ2n) is 23.6. The van der Waals surface area contributed by atoms with Gasteiger partial charge in [0.05, 0.1) is 10.0 Å². The number of hydrogen-bond acceptors (Lipinski definition) is 17. The quantitative estimate of drug-likeness (QED) is 0.0764. The van der Waals surface area contributed by atoms with Gasteiger partial charge in [0.25, 0.3) is 0 Å². The third-order valence-corrected chi connectivity index (χ3v) is 17.2. The molecule has 0 aliphatic carbocycles. The molecule has 0 saturated heterocycles. The lowest BCUT2D eigenvalue weighted by molar-refractivity contribution is -0.137. The number of aromatic hydroxyl groups is 4. The predicted octanol–water partition coefficient (Wildman–Crippen LogP) is 6.78. The molecule has 6 heterocycles. The van der Waals surface area contributed by atoms with Crippen molar-refractivity contribution in [2.24, 2.45) is 0 Å². The number of carbonyl (C=O) groups excluding carboxylic acids is 7. The van der Waals surface area contributed by atoms with Crippen LogP contribution in [0.4, 0.5) is 0 Å². The van der Waals surface area contributed by atoms with Gasteiger partial charge in [-0.05, 0) is 178 Å². The van der Waals surface area contributed by atoms with Crippen LogP contribution in [-0.4, -0.2) is 130 Å². The summed E-state index contributed by atoms with van der Waals surface area (Å²) in [5, 5.41) is 76.7. The molecule has 0 unspecified atom stereocenters. The van der Waals surface area contributed by atoms with E-state index in [2.05, 4.69) is 37.2 Å². The Balaban J connectivity index is 1.12. The molecular weight excluding hydrogens is 1240 g/mol. The van der Waals surface area contributed by atoms with Crippen LogP contribution in [0.1, 0.15) is 92.8 Å². The number of rotatable bonds is 6. The SMILES string of the molecule is Cc1cc(O)cc2c1-c1cc(ccc1O)[C@H]1NC(=O)[C@@H]3NC(=O)[C@H]4NC(=O)[C@@H](Cc5ccc(cc5)Oc5cc3cc(c5C)Oc3ccc(cc3Cl)[C@@H](O)[C@H](NC1=O)C(=O)N[C@@H]2C(=O)NCCCN(C)C)NC(=O)[C@H](N(C)C)c1ccc(O)c(c1)Oc1cc(O)c(Cl)c4c1. The number of hydrogen-bond donors (Lipinski definition) is 12. The van der Waals surface area contributed by atoms with Crippen molar-refractivity contribution >= 4 is 64.6 Å². The number of nitrogens with zero attached hydrogens (tertiary/aromatic N) is 2. The molecule has 0 fully saturated rings. The average Bonchev–Trinajstić information content (AvgIpc) is 0.792. The maximum absolute atomic E-state index is 16.0.